The van der Waals surface area contributed by atoms with Gasteiger partial charge in [0, 0.05) is 5.56 Å². The molecule has 1 aromatic heterocycles. The lowest BCUT2D eigenvalue weighted by molar-refractivity contribution is 0.103. The molecule has 0 unspecified atom stereocenters. The van der Waals surface area contributed by atoms with E-state index < -0.39 is 0 Å². The molecule has 0 amide bonds. The smallest absolute Gasteiger partial charge is 0.188 e. The summed E-state index contributed by atoms with van der Waals surface area (Å²) in [6, 6.07) is 15.0. The number of carbonyl (C=O) groups is 1. The molecule has 0 atom stereocenters. The molecule has 0 saturated heterocycles. The van der Waals surface area contributed by atoms with Crippen LogP contribution in [0.25, 0.3) is 11.8 Å². The SMILES string of the molecule is C/C(=C\c1cnn(-c2ccccc2)n1)C(=O)c1ccc(F)cc1. The molecule has 0 saturated carbocycles. The maximum atomic E-state index is 12.9. The standard InChI is InChI=1S/C18H14FN3O/c1-13(18(23)14-7-9-15(19)10-8-14)11-16-12-20-22(21-16)17-5-3-2-4-6-17/h2-12H,1H3/b13-11+. The first-order valence-corrected chi connectivity index (χ1v) is 7.10. The molecule has 0 radical (unpaired) electrons. The van der Waals surface area contributed by atoms with Crippen molar-refractivity contribution in [3.8, 4) is 5.69 Å². The fourth-order valence-corrected chi connectivity index (χ4v) is 2.14. The maximum Gasteiger partial charge on any atom is 0.188 e. The van der Waals surface area contributed by atoms with E-state index >= 15 is 0 Å². The van der Waals surface area contributed by atoms with E-state index in [1.165, 1.54) is 29.1 Å². The predicted octanol–water partition coefficient (Wildman–Crippen LogP) is 3.69. The van der Waals surface area contributed by atoms with Gasteiger partial charge in [-0.3, -0.25) is 4.79 Å². The third-order valence-electron chi connectivity index (χ3n) is 3.33. The minimum absolute atomic E-state index is 0.167. The van der Waals surface area contributed by atoms with Crippen LogP contribution in [0.3, 0.4) is 0 Å². The number of para-hydroxylation sites is 1. The molecule has 0 spiro atoms. The summed E-state index contributed by atoms with van der Waals surface area (Å²) in [5, 5.41) is 8.51. The fraction of sp³-hybridized carbons (Fsp3) is 0.0556. The average Bonchev–Trinajstić information content (AvgIpc) is 3.04. The van der Waals surface area contributed by atoms with Gasteiger partial charge in [0.25, 0.3) is 0 Å². The number of rotatable bonds is 4. The first-order valence-electron chi connectivity index (χ1n) is 7.10. The van der Waals surface area contributed by atoms with Gasteiger partial charge in [0.1, 0.15) is 11.5 Å². The van der Waals surface area contributed by atoms with E-state index in [0.717, 1.165) is 5.69 Å². The van der Waals surface area contributed by atoms with Crippen LogP contribution >= 0.6 is 0 Å². The van der Waals surface area contributed by atoms with Gasteiger partial charge >= 0.3 is 0 Å². The second-order valence-corrected chi connectivity index (χ2v) is 5.06. The van der Waals surface area contributed by atoms with Gasteiger partial charge in [-0.25, -0.2) is 4.39 Å². The second kappa shape index (κ2) is 6.36. The van der Waals surface area contributed by atoms with E-state index in [-0.39, 0.29) is 11.6 Å². The molecule has 2 aromatic carbocycles. The van der Waals surface area contributed by atoms with Crippen LogP contribution in [0.5, 0.6) is 0 Å². The lowest BCUT2D eigenvalue weighted by Crippen LogP contribution is -2.01. The molecule has 0 fully saturated rings. The number of hydrogen-bond donors (Lipinski definition) is 0. The largest absolute Gasteiger partial charge is 0.289 e. The van der Waals surface area contributed by atoms with E-state index in [1.807, 2.05) is 30.3 Å². The summed E-state index contributed by atoms with van der Waals surface area (Å²) < 4.78 is 12.9. The molecule has 114 valence electrons. The molecule has 3 rings (SSSR count). The zero-order valence-electron chi connectivity index (χ0n) is 12.5. The van der Waals surface area contributed by atoms with Crippen molar-refractivity contribution in [3.05, 3.63) is 83.4 Å². The Morgan fingerprint density at radius 2 is 1.78 bits per heavy atom. The van der Waals surface area contributed by atoms with Crippen molar-refractivity contribution in [2.45, 2.75) is 6.92 Å². The van der Waals surface area contributed by atoms with E-state index in [1.54, 1.807) is 19.2 Å². The summed E-state index contributed by atoms with van der Waals surface area (Å²) >= 11 is 0. The molecule has 1 heterocycles. The van der Waals surface area contributed by atoms with Gasteiger partial charge < -0.3 is 0 Å². The van der Waals surface area contributed by atoms with Crippen LogP contribution in [-0.4, -0.2) is 20.8 Å². The normalized spacial score (nSPS) is 11.5. The molecule has 0 bridgehead atoms. The van der Waals surface area contributed by atoms with Gasteiger partial charge in [0.05, 0.1) is 11.9 Å². The highest BCUT2D eigenvalue weighted by molar-refractivity contribution is 6.10. The zero-order chi connectivity index (χ0) is 16.2. The van der Waals surface area contributed by atoms with Gasteiger partial charge in [-0.2, -0.15) is 9.90 Å². The number of hydrogen-bond acceptors (Lipinski definition) is 3. The lowest BCUT2D eigenvalue weighted by Gasteiger charge is -2.00. The minimum atomic E-state index is -0.367. The monoisotopic (exact) mass is 307 g/mol. The van der Waals surface area contributed by atoms with E-state index in [0.29, 0.717) is 16.8 Å². The van der Waals surface area contributed by atoms with Crippen molar-refractivity contribution in [2.75, 3.05) is 0 Å². The molecule has 4 nitrogen and oxygen atoms in total. The topological polar surface area (TPSA) is 47.8 Å². The average molecular weight is 307 g/mol. The van der Waals surface area contributed by atoms with Gasteiger partial charge in [0.2, 0.25) is 0 Å². The van der Waals surface area contributed by atoms with Crippen LogP contribution in [0, 0.1) is 5.82 Å². The van der Waals surface area contributed by atoms with Crippen molar-refractivity contribution < 1.29 is 9.18 Å². The molecule has 23 heavy (non-hydrogen) atoms. The number of allylic oxidation sites excluding steroid dienone is 1. The van der Waals surface area contributed by atoms with E-state index in [9.17, 15) is 9.18 Å². The predicted molar refractivity (Wildman–Crippen MR) is 85.7 cm³/mol. The maximum absolute atomic E-state index is 12.9. The number of nitrogens with zero attached hydrogens (tertiary/aromatic N) is 3. The van der Waals surface area contributed by atoms with Gasteiger partial charge in [-0.05, 0) is 55.0 Å². The van der Waals surface area contributed by atoms with Crippen LogP contribution in [0.2, 0.25) is 0 Å². The highest BCUT2D eigenvalue weighted by Gasteiger charge is 2.09. The Bertz CT molecular complexity index is 851. The van der Waals surface area contributed by atoms with Crippen molar-refractivity contribution >= 4 is 11.9 Å². The number of aromatic nitrogens is 3. The number of ketones is 1. The Morgan fingerprint density at radius 1 is 1.09 bits per heavy atom. The van der Waals surface area contributed by atoms with Gasteiger partial charge in [0.15, 0.2) is 5.78 Å². The number of Topliss-reactive ketones (excluding diaryl/α,β-unsaturated/α-hetero) is 1. The van der Waals surface area contributed by atoms with E-state index in [2.05, 4.69) is 10.2 Å². The third kappa shape index (κ3) is 3.40. The highest BCUT2D eigenvalue weighted by atomic mass is 19.1. The van der Waals surface area contributed by atoms with Gasteiger partial charge in [-0.1, -0.05) is 18.2 Å². The summed E-state index contributed by atoms with van der Waals surface area (Å²) in [6.07, 6.45) is 3.26. The Kier molecular flexibility index (Phi) is 4.10. The first-order chi connectivity index (χ1) is 11.1. The third-order valence-corrected chi connectivity index (χ3v) is 3.33. The molecule has 3 aromatic rings. The summed E-state index contributed by atoms with van der Waals surface area (Å²) in [5.74, 6) is -0.534. The van der Waals surface area contributed by atoms with Crippen LogP contribution in [0.4, 0.5) is 4.39 Å². The van der Waals surface area contributed by atoms with Crippen molar-refractivity contribution in [2.24, 2.45) is 0 Å². The molecule has 0 aliphatic carbocycles. The molecule has 5 heteroatoms. The Labute approximate surface area is 132 Å². The fourth-order valence-electron chi connectivity index (χ4n) is 2.14. The molecule has 0 N–H and O–H groups in total. The summed E-state index contributed by atoms with van der Waals surface area (Å²) in [5.41, 5.74) is 2.38. The summed E-state index contributed by atoms with van der Waals surface area (Å²) in [6.45, 7) is 1.70. The lowest BCUT2D eigenvalue weighted by atomic mass is 10.0. The van der Waals surface area contributed by atoms with Crippen LogP contribution in [0.1, 0.15) is 23.0 Å². The second-order valence-electron chi connectivity index (χ2n) is 5.06. The molecule has 0 aliphatic heterocycles. The van der Waals surface area contributed by atoms with E-state index in [4.69, 9.17) is 0 Å². The molecule has 0 aliphatic rings. The van der Waals surface area contributed by atoms with Crippen LogP contribution in [-0.2, 0) is 0 Å². The van der Waals surface area contributed by atoms with Crippen LogP contribution < -0.4 is 0 Å². The summed E-state index contributed by atoms with van der Waals surface area (Å²) in [7, 11) is 0. The van der Waals surface area contributed by atoms with Crippen LogP contribution in [0.15, 0.2) is 66.4 Å². The van der Waals surface area contributed by atoms with Crippen molar-refractivity contribution in [1.82, 2.24) is 15.0 Å². The molecular formula is C18H14FN3O. The van der Waals surface area contributed by atoms with Gasteiger partial charge in [-0.15, -0.1) is 5.10 Å². The minimum Gasteiger partial charge on any atom is -0.289 e. The van der Waals surface area contributed by atoms with Crippen molar-refractivity contribution in [3.63, 3.8) is 0 Å². The first kappa shape index (κ1) is 14.8. The molecular weight excluding hydrogens is 293 g/mol. The number of halogens is 1. The van der Waals surface area contributed by atoms with Crippen molar-refractivity contribution in [1.29, 1.82) is 0 Å². The summed E-state index contributed by atoms with van der Waals surface area (Å²) in [4.78, 5) is 13.8. The number of benzene rings is 2. The zero-order valence-corrected chi connectivity index (χ0v) is 12.5. The highest BCUT2D eigenvalue weighted by Crippen LogP contribution is 2.13. The Morgan fingerprint density at radius 3 is 2.48 bits per heavy atom. The Hall–Kier alpha value is -3.08. The number of carbonyl (C=O) groups excluding carboxylic acids is 1. The quantitative estimate of drug-likeness (QED) is 0.545. The Balaban J connectivity index is 1.82.